The third-order valence-electron chi connectivity index (χ3n) is 5.04. The van der Waals surface area contributed by atoms with Crippen LogP contribution >= 0.6 is 23.8 Å². The van der Waals surface area contributed by atoms with E-state index in [0.717, 1.165) is 50.9 Å². The van der Waals surface area contributed by atoms with Gasteiger partial charge < -0.3 is 15.0 Å². The molecule has 0 aliphatic carbocycles. The number of ether oxygens (including phenoxy) is 1. The quantitative estimate of drug-likeness (QED) is 0.554. The maximum absolute atomic E-state index is 13.0. The molecular formula is C22H25ClF3N3OS. The summed E-state index contributed by atoms with van der Waals surface area (Å²) in [5.74, 6) is 0. The zero-order valence-corrected chi connectivity index (χ0v) is 18.6. The zero-order valence-electron chi connectivity index (χ0n) is 17.0. The fourth-order valence-electron chi connectivity index (χ4n) is 3.39. The summed E-state index contributed by atoms with van der Waals surface area (Å²) in [4.78, 5) is 4.38. The number of benzene rings is 2. The van der Waals surface area contributed by atoms with Gasteiger partial charge in [-0.1, -0.05) is 41.9 Å². The van der Waals surface area contributed by atoms with Gasteiger partial charge in [-0.3, -0.25) is 4.90 Å². The SMILES string of the molecule is FC(F)(F)c1ccc(NC(=S)N(CCCN2CCOCC2)Cc2ccccc2)cc1Cl. The molecular weight excluding hydrogens is 447 g/mol. The molecule has 1 N–H and O–H groups in total. The van der Waals surface area contributed by atoms with Gasteiger partial charge in [0.05, 0.1) is 23.8 Å². The van der Waals surface area contributed by atoms with Gasteiger partial charge in [0.15, 0.2) is 5.11 Å². The second kappa shape index (κ2) is 11.1. The van der Waals surface area contributed by atoms with Crippen LogP contribution in [0.25, 0.3) is 0 Å². The summed E-state index contributed by atoms with van der Waals surface area (Å²) in [6, 6.07) is 13.5. The topological polar surface area (TPSA) is 27.7 Å². The maximum atomic E-state index is 13.0. The van der Waals surface area contributed by atoms with E-state index in [1.54, 1.807) is 0 Å². The molecule has 3 rings (SSSR count). The van der Waals surface area contributed by atoms with Crippen LogP contribution in [0.4, 0.5) is 18.9 Å². The lowest BCUT2D eigenvalue weighted by Crippen LogP contribution is -2.40. The molecule has 0 atom stereocenters. The molecule has 4 nitrogen and oxygen atoms in total. The van der Waals surface area contributed by atoms with E-state index in [1.807, 2.05) is 35.2 Å². The highest BCUT2D eigenvalue weighted by molar-refractivity contribution is 7.80. The summed E-state index contributed by atoms with van der Waals surface area (Å²) in [5.41, 5.74) is 0.662. The number of nitrogens with zero attached hydrogens (tertiary/aromatic N) is 2. The molecule has 0 radical (unpaired) electrons. The number of hydrogen-bond acceptors (Lipinski definition) is 3. The van der Waals surface area contributed by atoms with Crippen molar-refractivity contribution in [3.8, 4) is 0 Å². The number of morpholine rings is 1. The standard InChI is InChI=1S/C22H25ClF3N3OS/c23-20-15-18(7-8-19(20)22(24,25)26)27-21(31)29(16-17-5-2-1-3-6-17)10-4-9-28-11-13-30-14-12-28/h1-3,5-8,15H,4,9-14,16H2,(H,27,31). The predicted molar refractivity (Wildman–Crippen MR) is 121 cm³/mol. The van der Waals surface area contributed by atoms with E-state index in [2.05, 4.69) is 10.2 Å². The van der Waals surface area contributed by atoms with Crippen LogP contribution in [0.1, 0.15) is 17.5 Å². The Kier molecular flexibility index (Phi) is 8.54. The van der Waals surface area contributed by atoms with E-state index in [4.69, 9.17) is 28.6 Å². The lowest BCUT2D eigenvalue weighted by atomic mass is 10.2. The largest absolute Gasteiger partial charge is 0.417 e. The van der Waals surface area contributed by atoms with Crippen LogP contribution < -0.4 is 5.32 Å². The van der Waals surface area contributed by atoms with E-state index >= 15 is 0 Å². The zero-order chi connectivity index (χ0) is 22.3. The summed E-state index contributed by atoms with van der Waals surface area (Å²) in [6.07, 6.45) is -3.59. The first kappa shape index (κ1) is 23.8. The van der Waals surface area contributed by atoms with Crippen molar-refractivity contribution in [1.82, 2.24) is 9.80 Å². The Morgan fingerprint density at radius 3 is 2.48 bits per heavy atom. The van der Waals surface area contributed by atoms with Crippen molar-refractivity contribution < 1.29 is 17.9 Å². The molecule has 1 saturated heterocycles. The molecule has 2 aromatic carbocycles. The molecule has 1 aliphatic rings. The highest BCUT2D eigenvalue weighted by atomic mass is 35.5. The number of alkyl halides is 3. The minimum atomic E-state index is -4.49. The van der Waals surface area contributed by atoms with Crippen molar-refractivity contribution in [2.24, 2.45) is 0 Å². The fraction of sp³-hybridized carbons (Fsp3) is 0.409. The highest BCUT2D eigenvalue weighted by Gasteiger charge is 2.33. The van der Waals surface area contributed by atoms with E-state index in [9.17, 15) is 13.2 Å². The Labute approximate surface area is 190 Å². The van der Waals surface area contributed by atoms with Crippen molar-refractivity contribution in [1.29, 1.82) is 0 Å². The lowest BCUT2D eigenvalue weighted by Gasteiger charge is -2.29. The van der Waals surface area contributed by atoms with Crippen molar-refractivity contribution in [2.45, 2.75) is 19.1 Å². The molecule has 0 amide bonds. The summed E-state index contributed by atoms with van der Waals surface area (Å²) < 4.78 is 44.3. The smallest absolute Gasteiger partial charge is 0.379 e. The summed E-state index contributed by atoms with van der Waals surface area (Å²) in [6.45, 7) is 5.60. The van der Waals surface area contributed by atoms with Gasteiger partial charge in [0, 0.05) is 38.4 Å². The van der Waals surface area contributed by atoms with Gasteiger partial charge in [0.2, 0.25) is 0 Å². The van der Waals surface area contributed by atoms with Gasteiger partial charge in [-0.2, -0.15) is 13.2 Å². The third-order valence-corrected chi connectivity index (χ3v) is 5.71. The van der Waals surface area contributed by atoms with Crippen molar-refractivity contribution in [2.75, 3.05) is 44.7 Å². The van der Waals surface area contributed by atoms with Crippen molar-refractivity contribution >= 4 is 34.6 Å². The average Bonchev–Trinajstić information content (AvgIpc) is 2.73. The molecule has 168 valence electrons. The second-order valence-corrected chi connectivity index (χ2v) is 8.13. The molecule has 0 bridgehead atoms. The molecule has 9 heteroatoms. The Bertz CT molecular complexity index is 861. The van der Waals surface area contributed by atoms with Crippen LogP contribution in [-0.4, -0.2) is 54.3 Å². The van der Waals surface area contributed by atoms with Crippen LogP contribution in [0.15, 0.2) is 48.5 Å². The van der Waals surface area contributed by atoms with Gasteiger partial charge in [-0.05, 0) is 42.4 Å². The number of anilines is 1. The Morgan fingerprint density at radius 2 is 1.84 bits per heavy atom. The summed E-state index contributed by atoms with van der Waals surface area (Å²) >= 11 is 11.4. The van der Waals surface area contributed by atoms with Gasteiger partial charge in [-0.25, -0.2) is 0 Å². The van der Waals surface area contributed by atoms with Crippen LogP contribution in [0, 0.1) is 0 Å². The number of rotatable bonds is 7. The Hall–Kier alpha value is -1.87. The summed E-state index contributed by atoms with van der Waals surface area (Å²) in [7, 11) is 0. The number of halogens is 4. The minimum absolute atomic E-state index is 0.359. The summed E-state index contributed by atoms with van der Waals surface area (Å²) in [5, 5.41) is 3.13. The Morgan fingerprint density at radius 1 is 1.13 bits per heavy atom. The first-order chi connectivity index (χ1) is 14.8. The number of nitrogens with one attached hydrogen (secondary N) is 1. The minimum Gasteiger partial charge on any atom is -0.379 e. The molecule has 0 aromatic heterocycles. The van der Waals surface area contributed by atoms with E-state index < -0.39 is 11.7 Å². The van der Waals surface area contributed by atoms with Gasteiger partial charge in [0.25, 0.3) is 0 Å². The first-order valence-corrected chi connectivity index (χ1v) is 10.9. The van der Waals surface area contributed by atoms with Gasteiger partial charge in [-0.15, -0.1) is 0 Å². The van der Waals surface area contributed by atoms with E-state index in [0.29, 0.717) is 23.9 Å². The van der Waals surface area contributed by atoms with Gasteiger partial charge in [0.1, 0.15) is 0 Å². The van der Waals surface area contributed by atoms with Crippen LogP contribution in [0.5, 0.6) is 0 Å². The highest BCUT2D eigenvalue weighted by Crippen LogP contribution is 2.35. The maximum Gasteiger partial charge on any atom is 0.417 e. The fourth-order valence-corrected chi connectivity index (χ4v) is 3.95. The monoisotopic (exact) mass is 471 g/mol. The molecule has 0 unspecified atom stereocenters. The van der Waals surface area contributed by atoms with Crippen LogP contribution in [0.2, 0.25) is 5.02 Å². The lowest BCUT2D eigenvalue weighted by molar-refractivity contribution is -0.137. The molecule has 1 fully saturated rings. The van der Waals surface area contributed by atoms with Crippen molar-refractivity contribution in [3.05, 3.63) is 64.7 Å². The predicted octanol–water partition coefficient (Wildman–Crippen LogP) is 5.28. The Balaban J connectivity index is 1.65. The third kappa shape index (κ3) is 7.35. The van der Waals surface area contributed by atoms with E-state index in [1.165, 1.54) is 12.1 Å². The van der Waals surface area contributed by atoms with Gasteiger partial charge >= 0.3 is 6.18 Å². The molecule has 0 saturated carbocycles. The van der Waals surface area contributed by atoms with Crippen LogP contribution in [0.3, 0.4) is 0 Å². The number of thiocarbonyl (C=S) groups is 1. The average molecular weight is 472 g/mol. The van der Waals surface area contributed by atoms with Crippen LogP contribution in [-0.2, 0) is 17.5 Å². The molecule has 0 spiro atoms. The molecule has 1 aliphatic heterocycles. The van der Waals surface area contributed by atoms with E-state index in [-0.39, 0.29) is 5.02 Å². The first-order valence-electron chi connectivity index (χ1n) is 10.1. The van der Waals surface area contributed by atoms with Crippen molar-refractivity contribution in [3.63, 3.8) is 0 Å². The normalized spacial score (nSPS) is 15.0. The number of hydrogen-bond donors (Lipinski definition) is 1. The molecule has 1 heterocycles. The second-order valence-electron chi connectivity index (χ2n) is 7.34. The molecule has 31 heavy (non-hydrogen) atoms. The molecule has 2 aromatic rings.